The first-order valence-corrected chi connectivity index (χ1v) is 12.5. The second-order valence-electron chi connectivity index (χ2n) is 7.20. The Labute approximate surface area is 182 Å². The molecule has 1 atom stereocenters. The summed E-state index contributed by atoms with van der Waals surface area (Å²) in [4.78, 5) is 14.9. The van der Waals surface area contributed by atoms with E-state index in [2.05, 4.69) is 44.7 Å². The fourth-order valence-electron chi connectivity index (χ4n) is 3.64. The van der Waals surface area contributed by atoms with Crippen molar-refractivity contribution in [3.63, 3.8) is 0 Å². The SMILES string of the molecule is CCC(CC)C(CNC(=O)CCNS(=O)(=O)c1ccc(Br)cc1)N1CCOCC1. The van der Waals surface area contributed by atoms with Crippen LogP contribution in [0.1, 0.15) is 33.1 Å². The molecule has 1 amide bonds. The Hall–Kier alpha value is -1.00. The molecule has 1 aromatic rings. The number of nitrogens with one attached hydrogen (secondary N) is 2. The highest BCUT2D eigenvalue weighted by Crippen LogP contribution is 2.19. The highest BCUT2D eigenvalue weighted by molar-refractivity contribution is 9.10. The standard InChI is InChI=1S/C20H32BrN3O4S/c1-3-16(4-2)19(24-11-13-28-14-12-24)15-22-20(25)9-10-23-29(26,27)18-7-5-17(21)6-8-18/h5-8,16,19,23H,3-4,9-15H2,1-2H3,(H,22,25). The molecule has 1 fully saturated rings. The largest absolute Gasteiger partial charge is 0.379 e. The van der Waals surface area contributed by atoms with E-state index in [4.69, 9.17) is 4.74 Å². The molecule has 0 radical (unpaired) electrons. The third-order valence-electron chi connectivity index (χ3n) is 5.38. The van der Waals surface area contributed by atoms with E-state index in [0.717, 1.165) is 43.6 Å². The van der Waals surface area contributed by atoms with Gasteiger partial charge in [0.1, 0.15) is 0 Å². The van der Waals surface area contributed by atoms with Crippen LogP contribution in [0.4, 0.5) is 0 Å². The number of amides is 1. The van der Waals surface area contributed by atoms with Gasteiger partial charge in [-0.15, -0.1) is 0 Å². The van der Waals surface area contributed by atoms with Gasteiger partial charge in [0.25, 0.3) is 0 Å². The van der Waals surface area contributed by atoms with Crippen LogP contribution in [0.2, 0.25) is 0 Å². The molecule has 1 saturated heterocycles. The number of hydrogen-bond donors (Lipinski definition) is 2. The lowest BCUT2D eigenvalue weighted by atomic mass is 9.92. The second kappa shape index (κ2) is 12.0. The first-order chi connectivity index (χ1) is 13.9. The van der Waals surface area contributed by atoms with E-state index < -0.39 is 10.0 Å². The monoisotopic (exact) mass is 489 g/mol. The molecule has 29 heavy (non-hydrogen) atoms. The lowest BCUT2D eigenvalue weighted by Crippen LogP contribution is -2.52. The van der Waals surface area contributed by atoms with Gasteiger partial charge in [0.05, 0.1) is 18.1 Å². The number of morpholine rings is 1. The third-order valence-corrected chi connectivity index (χ3v) is 7.39. The minimum Gasteiger partial charge on any atom is -0.379 e. The average Bonchev–Trinajstić information content (AvgIpc) is 2.72. The van der Waals surface area contributed by atoms with Gasteiger partial charge >= 0.3 is 0 Å². The highest BCUT2D eigenvalue weighted by atomic mass is 79.9. The number of hydrogen-bond acceptors (Lipinski definition) is 5. The molecule has 2 N–H and O–H groups in total. The number of sulfonamides is 1. The van der Waals surface area contributed by atoms with E-state index in [1.54, 1.807) is 12.1 Å². The van der Waals surface area contributed by atoms with Crippen LogP contribution in [0, 0.1) is 5.92 Å². The van der Waals surface area contributed by atoms with E-state index >= 15 is 0 Å². The molecule has 9 heteroatoms. The lowest BCUT2D eigenvalue weighted by molar-refractivity contribution is -0.121. The maximum atomic E-state index is 12.3. The van der Waals surface area contributed by atoms with Crippen molar-refractivity contribution in [2.24, 2.45) is 5.92 Å². The number of carbonyl (C=O) groups is 1. The van der Waals surface area contributed by atoms with Crippen molar-refractivity contribution < 1.29 is 17.9 Å². The lowest BCUT2D eigenvalue weighted by Gasteiger charge is -2.38. The summed E-state index contributed by atoms with van der Waals surface area (Å²) in [6.45, 7) is 8.21. The Bertz CT molecular complexity index is 733. The molecule has 164 valence electrons. The number of benzene rings is 1. The van der Waals surface area contributed by atoms with Crippen LogP contribution >= 0.6 is 15.9 Å². The van der Waals surface area contributed by atoms with Crippen molar-refractivity contribution in [1.82, 2.24) is 14.9 Å². The summed E-state index contributed by atoms with van der Waals surface area (Å²) in [6.07, 6.45) is 2.22. The molecular weight excluding hydrogens is 458 g/mol. The Balaban J connectivity index is 1.83. The van der Waals surface area contributed by atoms with E-state index in [1.807, 2.05) is 0 Å². The summed E-state index contributed by atoms with van der Waals surface area (Å²) in [5, 5.41) is 3.00. The summed E-state index contributed by atoms with van der Waals surface area (Å²) >= 11 is 3.28. The number of rotatable bonds is 11. The van der Waals surface area contributed by atoms with Crippen LogP contribution in [0.15, 0.2) is 33.6 Å². The molecule has 0 spiro atoms. The van der Waals surface area contributed by atoms with Crippen LogP contribution in [0.5, 0.6) is 0 Å². The summed E-state index contributed by atoms with van der Waals surface area (Å²) < 4.78 is 33.3. The van der Waals surface area contributed by atoms with Crippen LogP contribution < -0.4 is 10.0 Å². The van der Waals surface area contributed by atoms with Gasteiger partial charge in [0, 0.05) is 43.1 Å². The van der Waals surface area contributed by atoms with Gasteiger partial charge in [0.15, 0.2) is 0 Å². The van der Waals surface area contributed by atoms with Crippen molar-refractivity contribution in [3.05, 3.63) is 28.7 Å². The van der Waals surface area contributed by atoms with E-state index in [0.29, 0.717) is 12.5 Å². The number of carbonyl (C=O) groups excluding carboxylic acids is 1. The molecule has 0 aromatic heterocycles. The molecule has 7 nitrogen and oxygen atoms in total. The summed E-state index contributed by atoms with van der Waals surface area (Å²) in [5.41, 5.74) is 0. The van der Waals surface area contributed by atoms with Crippen LogP contribution in [-0.4, -0.2) is 64.7 Å². The van der Waals surface area contributed by atoms with Gasteiger partial charge in [-0.1, -0.05) is 42.6 Å². The Kier molecular flexibility index (Phi) is 10.0. The molecule has 1 aliphatic heterocycles. The Morgan fingerprint density at radius 1 is 1.17 bits per heavy atom. The number of ether oxygens (including phenoxy) is 1. The molecule has 1 aromatic carbocycles. The Morgan fingerprint density at radius 2 is 1.79 bits per heavy atom. The predicted molar refractivity (Wildman–Crippen MR) is 117 cm³/mol. The maximum Gasteiger partial charge on any atom is 0.240 e. The quantitative estimate of drug-likeness (QED) is 0.498. The van der Waals surface area contributed by atoms with Gasteiger partial charge < -0.3 is 10.1 Å². The predicted octanol–water partition coefficient (Wildman–Crippen LogP) is 2.37. The summed E-state index contributed by atoms with van der Waals surface area (Å²) in [6, 6.07) is 6.66. The molecule has 1 heterocycles. The molecular formula is C20H32BrN3O4S. The van der Waals surface area contributed by atoms with Gasteiger partial charge in [-0.2, -0.15) is 0 Å². The van der Waals surface area contributed by atoms with Crippen molar-refractivity contribution in [2.45, 2.75) is 44.0 Å². The average molecular weight is 490 g/mol. The normalized spacial score (nSPS) is 16.7. The van der Waals surface area contributed by atoms with Gasteiger partial charge in [-0.3, -0.25) is 9.69 Å². The van der Waals surface area contributed by atoms with E-state index in [1.165, 1.54) is 12.1 Å². The van der Waals surface area contributed by atoms with Gasteiger partial charge in [-0.05, 0) is 30.2 Å². The van der Waals surface area contributed by atoms with Crippen LogP contribution in [0.3, 0.4) is 0 Å². The van der Waals surface area contributed by atoms with Gasteiger partial charge in [-0.25, -0.2) is 13.1 Å². The molecule has 1 aliphatic rings. The molecule has 0 saturated carbocycles. The van der Waals surface area contributed by atoms with Gasteiger partial charge in [0.2, 0.25) is 15.9 Å². The number of halogens is 1. The van der Waals surface area contributed by atoms with Crippen molar-refractivity contribution in [1.29, 1.82) is 0 Å². The van der Waals surface area contributed by atoms with E-state index in [-0.39, 0.29) is 29.8 Å². The zero-order valence-electron chi connectivity index (χ0n) is 17.2. The summed E-state index contributed by atoms with van der Waals surface area (Å²) in [5.74, 6) is 0.358. The Morgan fingerprint density at radius 3 is 2.38 bits per heavy atom. The summed E-state index contributed by atoms with van der Waals surface area (Å²) in [7, 11) is -3.62. The third kappa shape index (κ3) is 7.64. The fraction of sp³-hybridized carbons (Fsp3) is 0.650. The maximum absolute atomic E-state index is 12.3. The number of nitrogens with zero attached hydrogens (tertiary/aromatic N) is 1. The first kappa shape index (κ1) is 24.3. The molecule has 0 aliphatic carbocycles. The fourth-order valence-corrected chi connectivity index (χ4v) is 4.93. The first-order valence-electron chi connectivity index (χ1n) is 10.2. The molecule has 0 bridgehead atoms. The van der Waals surface area contributed by atoms with Crippen molar-refractivity contribution >= 4 is 31.9 Å². The van der Waals surface area contributed by atoms with Crippen LogP contribution in [-0.2, 0) is 19.6 Å². The zero-order valence-corrected chi connectivity index (χ0v) is 19.6. The minimum absolute atomic E-state index is 0.0669. The van der Waals surface area contributed by atoms with E-state index in [9.17, 15) is 13.2 Å². The smallest absolute Gasteiger partial charge is 0.240 e. The zero-order chi connectivity index (χ0) is 21.3. The van der Waals surface area contributed by atoms with Crippen molar-refractivity contribution in [2.75, 3.05) is 39.4 Å². The highest BCUT2D eigenvalue weighted by Gasteiger charge is 2.27. The van der Waals surface area contributed by atoms with Crippen molar-refractivity contribution in [3.8, 4) is 0 Å². The van der Waals surface area contributed by atoms with Crippen LogP contribution in [0.25, 0.3) is 0 Å². The molecule has 1 unspecified atom stereocenters. The topological polar surface area (TPSA) is 87.7 Å². The molecule has 2 rings (SSSR count). The minimum atomic E-state index is -3.62. The second-order valence-corrected chi connectivity index (χ2v) is 9.88.